The summed E-state index contributed by atoms with van der Waals surface area (Å²) in [6.07, 6.45) is 2.60. The Morgan fingerprint density at radius 3 is 2.19 bits per heavy atom. The van der Waals surface area contributed by atoms with E-state index in [1.54, 1.807) is 0 Å². The molecular formula is C10H6F3N3. The van der Waals surface area contributed by atoms with Gasteiger partial charge in [-0.1, -0.05) is 0 Å². The number of aromatic nitrogens is 2. The number of nitrogen functional groups attached to an aromatic ring is 1. The third kappa shape index (κ3) is 1.69. The zero-order valence-electron chi connectivity index (χ0n) is 7.92. The van der Waals surface area contributed by atoms with Crippen LogP contribution in [0.15, 0.2) is 24.5 Å². The van der Waals surface area contributed by atoms with Crippen molar-refractivity contribution < 1.29 is 13.2 Å². The molecule has 0 amide bonds. The van der Waals surface area contributed by atoms with Gasteiger partial charge in [0.2, 0.25) is 0 Å². The molecule has 1 aromatic heterocycles. The van der Waals surface area contributed by atoms with Crippen LogP contribution in [0, 0.1) is 17.5 Å². The molecule has 0 unspecified atom stereocenters. The average Bonchev–Trinajstić information content (AvgIpc) is 2.25. The molecule has 2 N–H and O–H groups in total. The lowest BCUT2D eigenvalue weighted by atomic mass is 10.1. The number of hydrogen-bond acceptors (Lipinski definition) is 3. The highest BCUT2D eigenvalue weighted by Crippen LogP contribution is 2.26. The molecule has 1 aromatic carbocycles. The fraction of sp³-hybridized carbons (Fsp3) is 0. The Morgan fingerprint density at radius 1 is 0.875 bits per heavy atom. The van der Waals surface area contributed by atoms with Gasteiger partial charge in [-0.2, -0.15) is 0 Å². The third-order valence-corrected chi connectivity index (χ3v) is 1.99. The standard InChI is InChI=1S/C10H6F3N3/c11-6-4-8(13)7(12)3-5(6)9-10(14)16-2-1-15-9/h1-4H,(H2,14,16). The number of rotatable bonds is 1. The largest absolute Gasteiger partial charge is 0.382 e. The van der Waals surface area contributed by atoms with Gasteiger partial charge in [0, 0.05) is 24.0 Å². The minimum atomic E-state index is -1.26. The second-order valence-electron chi connectivity index (χ2n) is 3.04. The lowest BCUT2D eigenvalue weighted by molar-refractivity contribution is 0.496. The quantitative estimate of drug-likeness (QED) is 0.756. The zero-order chi connectivity index (χ0) is 11.7. The molecule has 16 heavy (non-hydrogen) atoms. The predicted molar refractivity (Wildman–Crippen MR) is 51.8 cm³/mol. The molecule has 1 heterocycles. The van der Waals surface area contributed by atoms with E-state index in [0.717, 1.165) is 0 Å². The van der Waals surface area contributed by atoms with Crippen molar-refractivity contribution in [2.45, 2.75) is 0 Å². The van der Waals surface area contributed by atoms with Crippen molar-refractivity contribution in [1.29, 1.82) is 0 Å². The molecule has 0 bridgehead atoms. The van der Waals surface area contributed by atoms with Gasteiger partial charge in [-0.3, -0.25) is 4.98 Å². The second-order valence-corrected chi connectivity index (χ2v) is 3.04. The number of benzene rings is 1. The van der Waals surface area contributed by atoms with E-state index in [1.807, 2.05) is 0 Å². The molecule has 3 nitrogen and oxygen atoms in total. The monoisotopic (exact) mass is 225 g/mol. The molecule has 6 heteroatoms. The molecule has 0 aliphatic carbocycles. The first-order valence-electron chi connectivity index (χ1n) is 4.31. The van der Waals surface area contributed by atoms with Crippen LogP contribution in [0.3, 0.4) is 0 Å². The van der Waals surface area contributed by atoms with Crippen LogP contribution in [-0.4, -0.2) is 9.97 Å². The van der Waals surface area contributed by atoms with E-state index < -0.39 is 17.5 Å². The van der Waals surface area contributed by atoms with Crippen molar-refractivity contribution >= 4 is 5.82 Å². The van der Waals surface area contributed by atoms with Gasteiger partial charge in [-0.05, 0) is 6.07 Å². The van der Waals surface area contributed by atoms with E-state index in [1.165, 1.54) is 12.4 Å². The lowest BCUT2D eigenvalue weighted by Gasteiger charge is -2.05. The van der Waals surface area contributed by atoms with E-state index in [0.29, 0.717) is 12.1 Å². The summed E-state index contributed by atoms with van der Waals surface area (Å²) >= 11 is 0. The molecular weight excluding hydrogens is 219 g/mol. The summed E-state index contributed by atoms with van der Waals surface area (Å²) in [7, 11) is 0. The Labute approximate surface area is 88.8 Å². The summed E-state index contributed by atoms with van der Waals surface area (Å²) in [6.45, 7) is 0. The molecule has 0 spiro atoms. The lowest BCUT2D eigenvalue weighted by Crippen LogP contribution is -1.99. The highest BCUT2D eigenvalue weighted by molar-refractivity contribution is 5.69. The van der Waals surface area contributed by atoms with E-state index in [-0.39, 0.29) is 17.1 Å². The zero-order valence-corrected chi connectivity index (χ0v) is 7.92. The van der Waals surface area contributed by atoms with Gasteiger partial charge in [0.1, 0.15) is 17.3 Å². The van der Waals surface area contributed by atoms with Gasteiger partial charge < -0.3 is 5.73 Å². The van der Waals surface area contributed by atoms with Crippen molar-refractivity contribution in [2.24, 2.45) is 0 Å². The predicted octanol–water partition coefficient (Wildman–Crippen LogP) is 2.14. The summed E-state index contributed by atoms with van der Waals surface area (Å²) in [5.74, 6) is -3.41. The molecule has 0 saturated carbocycles. The number of halogens is 3. The van der Waals surface area contributed by atoms with Gasteiger partial charge in [0.05, 0.1) is 0 Å². The minimum absolute atomic E-state index is 0.0149. The van der Waals surface area contributed by atoms with Crippen molar-refractivity contribution in [2.75, 3.05) is 5.73 Å². The maximum Gasteiger partial charge on any atom is 0.161 e. The van der Waals surface area contributed by atoms with Gasteiger partial charge in [0.25, 0.3) is 0 Å². The summed E-state index contributed by atoms with van der Waals surface area (Å²) in [5, 5.41) is 0. The Balaban J connectivity index is 2.65. The van der Waals surface area contributed by atoms with Crippen LogP contribution in [0.25, 0.3) is 11.3 Å². The summed E-state index contributed by atoms with van der Waals surface area (Å²) < 4.78 is 39.0. The van der Waals surface area contributed by atoms with Crippen LogP contribution < -0.4 is 5.73 Å². The minimum Gasteiger partial charge on any atom is -0.382 e. The van der Waals surface area contributed by atoms with Crippen LogP contribution in [0.4, 0.5) is 19.0 Å². The number of anilines is 1. The molecule has 82 valence electrons. The molecule has 0 atom stereocenters. The molecule has 0 fully saturated rings. The topological polar surface area (TPSA) is 51.8 Å². The normalized spacial score (nSPS) is 10.4. The molecule has 2 aromatic rings. The maximum absolute atomic E-state index is 13.4. The van der Waals surface area contributed by atoms with E-state index in [9.17, 15) is 13.2 Å². The van der Waals surface area contributed by atoms with Crippen molar-refractivity contribution in [3.8, 4) is 11.3 Å². The Bertz CT molecular complexity index is 543. The van der Waals surface area contributed by atoms with E-state index in [2.05, 4.69) is 9.97 Å². The van der Waals surface area contributed by atoms with Crippen LogP contribution in [0.2, 0.25) is 0 Å². The highest BCUT2D eigenvalue weighted by Gasteiger charge is 2.14. The Kier molecular flexibility index (Phi) is 2.47. The van der Waals surface area contributed by atoms with Crippen LogP contribution in [0.1, 0.15) is 0 Å². The van der Waals surface area contributed by atoms with Crippen LogP contribution >= 0.6 is 0 Å². The maximum atomic E-state index is 13.4. The molecule has 2 rings (SSSR count). The second kappa shape index (κ2) is 3.80. The first-order valence-corrected chi connectivity index (χ1v) is 4.31. The fourth-order valence-corrected chi connectivity index (χ4v) is 1.26. The summed E-state index contributed by atoms with van der Waals surface area (Å²) in [6, 6.07) is 1.14. The Morgan fingerprint density at radius 2 is 1.50 bits per heavy atom. The molecule has 0 saturated heterocycles. The number of nitrogens with zero attached hydrogens (tertiary/aromatic N) is 2. The highest BCUT2D eigenvalue weighted by atomic mass is 19.2. The van der Waals surface area contributed by atoms with Crippen molar-refractivity contribution in [3.05, 3.63) is 42.0 Å². The summed E-state index contributed by atoms with van der Waals surface area (Å²) in [5.41, 5.74) is 5.22. The van der Waals surface area contributed by atoms with Crippen LogP contribution in [-0.2, 0) is 0 Å². The smallest absolute Gasteiger partial charge is 0.161 e. The first kappa shape index (κ1) is 10.4. The van der Waals surface area contributed by atoms with Crippen molar-refractivity contribution in [3.63, 3.8) is 0 Å². The molecule has 0 aliphatic heterocycles. The summed E-state index contributed by atoms with van der Waals surface area (Å²) in [4.78, 5) is 7.44. The first-order chi connectivity index (χ1) is 7.59. The van der Waals surface area contributed by atoms with Gasteiger partial charge in [-0.15, -0.1) is 0 Å². The van der Waals surface area contributed by atoms with Gasteiger partial charge in [0.15, 0.2) is 11.6 Å². The van der Waals surface area contributed by atoms with Crippen molar-refractivity contribution in [1.82, 2.24) is 9.97 Å². The molecule has 0 radical (unpaired) electrons. The van der Waals surface area contributed by atoms with E-state index >= 15 is 0 Å². The van der Waals surface area contributed by atoms with Gasteiger partial charge in [-0.25, -0.2) is 18.2 Å². The Hall–Kier alpha value is -2.11. The number of hydrogen-bond donors (Lipinski definition) is 1. The average molecular weight is 225 g/mol. The molecule has 0 aliphatic rings. The van der Waals surface area contributed by atoms with Crippen LogP contribution in [0.5, 0.6) is 0 Å². The fourth-order valence-electron chi connectivity index (χ4n) is 1.26. The third-order valence-electron chi connectivity index (χ3n) is 1.99. The number of nitrogens with two attached hydrogens (primary N) is 1. The van der Waals surface area contributed by atoms with E-state index in [4.69, 9.17) is 5.73 Å². The SMILES string of the molecule is Nc1nccnc1-c1cc(F)c(F)cc1F. The van der Waals surface area contributed by atoms with Gasteiger partial charge >= 0.3 is 0 Å².